The highest BCUT2D eigenvalue weighted by molar-refractivity contribution is 7.88. The van der Waals surface area contributed by atoms with E-state index in [9.17, 15) is 26.4 Å². The molecule has 1 aliphatic rings. The molecule has 2 heterocycles. The normalized spacial score (nSPS) is 17.6. The van der Waals surface area contributed by atoms with Crippen LogP contribution in [0.3, 0.4) is 0 Å². The Balaban J connectivity index is 1.66. The number of nitrogens with zero attached hydrogens (tertiary/aromatic N) is 2. The molecule has 12 heteroatoms. The minimum Gasteiger partial charge on any atom is -0.444 e. The van der Waals surface area contributed by atoms with Crippen molar-refractivity contribution in [1.29, 1.82) is 0 Å². The average Bonchev–Trinajstić information content (AvgIpc) is 3.32. The van der Waals surface area contributed by atoms with Crippen molar-refractivity contribution >= 4 is 38.0 Å². The number of alkyl halides is 3. The number of ether oxygens (including phenoxy) is 1. The highest BCUT2D eigenvalue weighted by atomic mass is 32.2. The van der Waals surface area contributed by atoms with Gasteiger partial charge in [0.15, 0.2) is 0 Å². The smallest absolute Gasteiger partial charge is 0.444 e. The molecule has 1 unspecified atom stereocenters. The maximum atomic E-state index is 12.6. The Morgan fingerprint density at radius 3 is 2.58 bits per heavy atom. The first-order chi connectivity index (χ1) is 15.2. The topological polar surface area (TPSA) is 102 Å². The second-order valence-corrected chi connectivity index (χ2v) is 10.3. The van der Waals surface area contributed by atoms with Crippen LogP contribution in [0.25, 0.3) is 21.8 Å². The number of aromatic nitrogens is 2. The van der Waals surface area contributed by atoms with Gasteiger partial charge < -0.3 is 13.9 Å². The van der Waals surface area contributed by atoms with Crippen LogP contribution >= 0.6 is 0 Å². The molecule has 1 N–H and O–H groups in total. The number of carbonyl (C=O) groups excluding carboxylic acids is 1. The maximum Gasteiger partial charge on any atom is 0.534 e. The minimum atomic E-state index is -5.77. The second-order valence-electron chi connectivity index (χ2n) is 8.78. The van der Waals surface area contributed by atoms with Crippen LogP contribution in [0.15, 0.2) is 30.3 Å². The summed E-state index contributed by atoms with van der Waals surface area (Å²) < 4.78 is 70.1. The van der Waals surface area contributed by atoms with E-state index in [1.54, 1.807) is 37.8 Å². The van der Waals surface area contributed by atoms with E-state index in [1.807, 2.05) is 0 Å². The summed E-state index contributed by atoms with van der Waals surface area (Å²) in [6.45, 7) is 5.91. The number of benzene rings is 2. The van der Waals surface area contributed by atoms with E-state index in [0.29, 0.717) is 40.6 Å². The number of amides is 1. The van der Waals surface area contributed by atoms with Crippen molar-refractivity contribution in [1.82, 2.24) is 14.9 Å². The molecule has 1 fully saturated rings. The van der Waals surface area contributed by atoms with Gasteiger partial charge in [0.25, 0.3) is 0 Å². The van der Waals surface area contributed by atoms with Gasteiger partial charge in [0.05, 0.1) is 17.1 Å². The molecular formula is C21H22F3N3O5S. The van der Waals surface area contributed by atoms with Crippen molar-refractivity contribution in [3.05, 3.63) is 36.2 Å². The molecule has 1 saturated heterocycles. The summed E-state index contributed by atoms with van der Waals surface area (Å²) in [7, 11) is -5.77. The Hall–Kier alpha value is -3.02. The lowest BCUT2D eigenvalue weighted by Gasteiger charge is -2.27. The van der Waals surface area contributed by atoms with E-state index in [0.717, 1.165) is 12.5 Å². The van der Waals surface area contributed by atoms with Gasteiger partial charge in [0.2, 0.25) is 0 Å². The molecule has 0 aliphatic carbocycles. The van der Waals surface area contributed by atoms with Crippen LogP contribution in [0, 0.1) is 0 Å². The SMILES string of the molecule is CC(C)(C)OC(=O)N1CCCC1c1nc2c(ccc3cc(OS(=O)(=O)C(F)(F)F)ccc32)[nH]1. The highest BCUT2D eigenvalue weighted by Gasteiger charge is 2.48. The number of carbonyl (C=O) groups is 1. The monoisotopic (exact) mass is 485 g/mol. The summed E-state index contributed by atoms with van der Waals surface area (Å²) in [6, 6.07) is 6.79. The fourth-order valence-electron chi connectivity index (χ4n) is 3.77. The van der Waals surface area contributed by atoms with Gasteiger partial charge in [0, 0.05) is 11.9 Å². The number of fused-ring (bicyclic) bond motifs is 3. The van der Waals surface area contributed by atoms with Crippen molar-refractivity contribution in [2.75, 3.05) is 6.54 Å². The van der Waals surface area contributed by atoms with Gasteiger partial charge in [-0.3, -0.25) is 4.90 Å². The van der Waals surface area contributed by atoms with E-state index < -0.39 is 33.1 Å². The predicted molar refractivity (Wildman–Crippen MR) is 114 cm³/mol. The Labute approximate surface area is 187 Å². The molecule has 0 saturated carbocycles. The minimum absolute atomic E-state index is 0.304. The molecule has 0 radical (unpaired) electrons. The molecular weight excluding hydrogens is 463 g/mol. The summed E-state index contributed by atoms with van der Waals surface area (Å²) in [5, 5.41) is 1.04. The molecule has 8 nitrogen and oxygen atoms in total. The van der Waals surface area contributed by atoms with Crippen LogP contribution in [0.2, 0.25) is 0 Å². The number of H-pyrrole nitrogens is 1. The molecule has 3 aromatic rings. The summed E-state index contributed by atoms with van der Waals surface area (Å²) in [6.07, 6.45) is 1.06. The number of hydrogen-bond acceptors (Lipinski definition) is 6. The molecule has 178 valence electrons. The Kier molecular flexibility index (Phi) is 5.46. The van der Waals surface area contributed by atoms with Crippen LogP contribution < -0.4 is 4.18 Å². The molecule has 0 spiro atoms. The largest absolute Gasteiger partial charge is 0.534 e. The van der Waals surface area contributed by atoms with E-state index in [4.69, 9.17) is 4.74 Å². The number of rotatable bonds is 3. The van der Waals surface area contributed by atoms with Crippen LogP contribution in [-0.4, -0.2) is 47.0 Å². The molecule has 0 bridgehead atoms. The molecule has 4 rings (SSSR count). The third-order valence-electron chi connectivity index (χ3n) is 5.14. The molecule has 1 amide bonds. The zero-order valence-electron chi connectivity index (χ0n) is 18.1. The highest BCUT2D eigenvalue weighted by Crippen LogP contribution is 2.35. The van der Waals surface area contributed by atoms with E-state index in [-0.39, 0.29) is 6.04 Å². The molecule has 1 aliphatic heterocycles. The predicted octanol–water partition coefficient (Wildman–Crippen LogP) is 5.02. The number of imidazole rings is 1. The number of hydrogen-bond donors (Lipinski definition) is 1. The number of aromatic amines is 1. The first-order valence-corrected chi connectivity index (χ1v) is 11.6. The fourth-order valence-corrected chi connectivity index (χ4v) is 4.22. The van der Waals surface area contributed by atoms with Crippen LogP contribution in [0.5, 0.6) is 5.75 Å². The quantitative estimate of drug-likeness (QED) is 0.413. The van der Waals surface area contributed by atoms with Crippen LogP contribution in [0.4, 0.5) is 18.0 Å². The summed E-state index contributed by atoms with van der Waals surface area (Å²) in [5.74, 6) is 0.114. The summed E-state index contributed by atoms with van der Waals surface area (Å²) in [5.41, 5.74) is -4.94. The van der Waals surface area contributed by atoms with E-state index in [1.165, 1.54) is 12.1 Å². The fraction of sp³-hybridized carbons (Fsp3) is 0.429. The lowest BCUT2D eigenvalue weighted by atomic mass is 10.1. The third kappa shape index (κ3) is 4.56. The molecule has 1 aromatic heterocycles. The van der Waals surface area contributed by atoms with Gasteiger partial charge in [-0.25, -0.2) is 9.78 Å². The van der Waals surface area contributed by atoms with Crippen molar-refractivity contribution in [2.24, 2.45) is 0 Å². The standard InChI is InChI=1S/C21H22F3N3O5S/c1-20(2,3)31-19(28)27-10-4-5-16(27)18-25-15-9-6-12-11-13(7-8-14(12)17(15)26-18)32-33(29,30)21(22,23)24/h6-9,11,16H,4-5,10H2,1-3H3,(H,25,26). The third-order valence-corrected chi connectivity index (χ3v) is 6.12. The summed E-state index contributed by atoms with van der Waals surface area (Å²) in [4.78, 5) is 22.1. The van der Waals surface area contributed by atoms with Gasteiger partial charge in [0.1, 0.15) is 17.2 Å². The first kappa shape index (κ1) is 23.1. The van der Waals surface area contributed by atoms with Crippen LogP contribution in [0.1, 0.15) is 45.5 Å². The average molecular weight is 485 g/mol. The van der Waals surface area contributed by atoms with Crippen molar-refractivity contribution in [2.45, 2.75) is 50.8 Å². The van der Waals surface area contributed by atoms with Crippen molar-refractivity contribution < 1.29 is 35.3 Å². The van der Waals surface area contributed by atoms with E-state index in [2.05, 4.69) is 14.2 Å². The zero-order valence-corrected chi connectivity index (χ0v) is 18.9. The Morgan fingerprint density at radius 1 is 1.18 bits per heavy atom. The maximum absolute atomic E-state index is 12.6. The molecule has 2 aromatic carbocycles. The molecule has 1 atom stereocenters. The lowest BCUT2D eigenvalue weighted by Crippen LogP contribution is -2.36. The number of halogens is 3. The van der Waals surface area contributed by atoms with Gasteiger partial charge in [-0.15, -0.1) is 0 Å². The van der Waals surface area contributed by atoms with E-state index >= 15 is 0 Å². The van der Waals surface area contributed by atoms with Gasteiger partial charge in [-0.05, 0) is 63.3 Å². The van der Waals surface area contributed by atoms with Gasteiger partial charge >= 0.3 is 21.7 Å². The number of nitrogens with one attached hydrogen (secondary N) is 1. The van der Waals surface area contributed by atoms with Crippen LogP contribution in [-0.2, 0) is 14.9 Å². The molecule has 33 heavy (non-hydrogen) atoms. The lowest BCUT2D eigenvalue weighted by molar-refractivity contribution is -0.0500. The van der Waals surface area contributed by atoms with Gasteiger partial charge in [-0.1, -0.05) is 6.07 Å². The number of likely N-dealkylation sites (tertiary alicyclic amines) is 1. The van der Waals surface area contributed by atoms with Crippen molar-refractivity contribution in [3.63, 3.8) is 0 Å². The Bertz CT molecular complexity index is 1330. The second kappa shape index (κ2) is 7.79. The zero-order chi connectivity index (χ0) is 24.2. The Morgan fingerprint density at radius 2 is 1.91 bits per heavy atom. The van der Waals surface area contributed by atoms with Crippen molar-refractivity contribution in [3.8, 4) is 5.75 Å². The summed E-state index contributed by atoms with van der Waals surface area (Å²) >= 11 is 0. The first-order valence-electron chi connectivity index (χ1n) is 10.2. The van der Waals surface area contributed by atoms with Gasteiger partial charge in [-0.2, -0.15) is 21.6 Å².